The van der Waals surface area contributed by atoms with Crippen LogP contribution in [0, 0.1) is 0 Å². The highest BCUT2D eigenvalue weighted by atomic mass is 16.4. The van der Waals surface area contributed by atoms with E-state index in [1.54, 1.807) is 19.3 Å². The number of hydrogen-bond acceptors (Lipinski definition) is 5. The van der Waals surface area contributed by atoms with Crippen molar-refractivity contribution < 1.29 is 9.21 Å². The summed E-state index contributed by atoms with van der Waals surface area (Å²) in [5.74, 6) is 0.792. The van der Waals surface area contributed by atoms with Crippen LogP contribution in [0.15, 0.2) is 47.0 Å². The molecule has 0 unspecified atom stereocenters. The van der Waals surface area contributed by atoms with Gasteiger partial charge >= 0.3 is 0 Å². The van der Waals surface area contributed by atoms with E-state index in [2.05, 4.69) is 20.6 Å². The van der Waals surface area contributed by atoms with E-state index in [1.165, 1.54) is 4.68 Å². The molecule has 3 rings (SSSR count). The Hall–Kier alpha value is -2.96. The van der Waals surface area contributed by atoms with Crippen LogP contribution < -0.4 is 5.32 Å². The predicted molar refractivity (Wildman–Crippen MR) is 79.0 cm³/mol. The van der Waals surface area contributed by atoms with Gasteiger partial charge in [-0.2, -0.15) is 5.10 Å². The first-order valence-electron chi connectivity index (χ1n) is 6.88. The predicted octanol–water partition coefficient (Wildman–Crippen LogP) is 1.44. The zero-order valence-corrected chi connectivity index (χ0v) is 12.1. The zero-order chi connectivity index (χ0) is 15.4. The van der Waals surface area contributed by atoms with Crippen LogP contribution in [0.4, 0.5) is 0 Å². The number of carbonyl (C=O) groups is 1. The van der Waals surface area contributed by atoms with E-state index in [0.29, 0.717) is 30.4 Å². The number of benzene rings is 1. The molecule has 1 amide bonds. The summed E-state index contributed by atoms with van der Waals surface area (Å²) in [6.07, 6.45) is 2.06. The molecule has 0 saturated carbocycles. The highest BCUT2D eigenvalue weighted by molar-refractivity contribution is 5.92. The Morgan fingerprint density at radius 2 is 2.05 bits per heavy atom. The summed E-state index contributed by atoms with van der Waals surface area (Å²) in [6, 6.07) is 11.2. The second-order valence-electron chi connectivity index (χ2n) is 4.71. The first-order valence-corrected chi connectivity index (χ1v) is 6.88. The summed E-state index contributed by atoms with van der Waals surface area (Å²) < 4.78 is 7.10. The summed E-state index contributed by atoms with van der Waals surface area (Å²) in [5.41, 5.74) is 1.38. The van der Waals surface area contributed by atoms with Gasteiger partial charge in [0.2, 0.25) is 11.8 Å². The Labute approximate surface area is 127 Å². The van der Waals surface area contributed by atoms with Crippen molar-refractivity contribution in [1.29, 1.82) is 0 Å². The zero-order valence-electron chi connectivity index (χ0n) is 12.1. The number of aryl methyl sites for hydroxylation is 1. The summed E-state index contributed by atoms with van der Waals surface area (Å²) in [4.78, 5) is 11.9. The minimum absolute atomic E-state index is 0.178. The van der Waals surface area contributed by atoms with Gasteiger partial charge < -0.3 is 9.73 Å². The summed E-state index contributed by atoms with van der Waals surface area (Å²) >= 11 is 0. The van der Waals surface area contributed by atoms with E-state index in [9.17, 15) is 4.79 Å². The van der Waals surface area contributed by atoms with Crippen molar-refractivity contribution in [3.63, 3.8) is 0 Å². The molecule has 1 aromatic carbocycles. The third-order valence-electron chi connectivity index (χ3n) is 3.17. The SMILES string of the molecule is Cn1nccc1C(=O)NCCc1nnc(-c2ccccc2)o1. The topological polar surface area (TPSA) is 85.8 Å². The molecule has 0 aliphatic rings. The molecule has 0 spiro atoms. The maximum Gasteiger partial charge on any atom is 0.269 e. The molecule has 112 valence electrons. The van der Waals surface area contributed by atoms with Gasteiger partial charge in [0.05, 0.1) is 0 Å². The lowest BCUT2D eigenvalue weighted by Crippen LogP contribution is -2.27. The fourth-order valence-corrected chi connectivity index (χ4v) is 2.02. The molecule has 0 fully saturated rings. The maximum atomic E-state index is 11.9. The molecule has 7 heteroatoms. The van der Waals surface area contributed by atoms with Crippen LogP contribution in [0.25, 0.3) is 11.5 Å². The van der Waals surface area contributed by atoms with Crippen molar-refractivity contribution in [3.05, 3.63) is 54.2 Å². The van der Waals surface area contributed by atoms with Gasteiger partial charge in [0.15, 0.2) is 0 Å². The highest BCUT2D eigenvalue weighted by Crippen LogP contribution is 2.16. The van der Waals surface area contributed by atoms with Crippen molar-refractivity contribution in [1.82, 2.24) is 25.3 Å². The molecule has 0 saturated heterocycles. The largest absolute Gasteiger partial charge is 0.421 e. The average molecular weight is 297 g/mol. The van der Waals surface area contributed by atoms with Crippen molar-refractivity contribution in [3.8, 4) is 11.5 Å². The lowest BCUT2D eigenvalue weighted by atomic mass is 10.2. The quantitative estimate of drug-likeness (QED) is 0.770. The fraction of sp³-hybridized carbons (Fsp3) is 0.200. The van der Waals surface area contributed by atoms with Gasteiger partial charge in [-0.15, -0.1) is 10.2 Å². The van der Waals surface area contributed by atoms with E-state index in [-0.39, 0.29) is 5.91 Å². The van der Waals surface area contributed by atoms with E-state index < -0.39 is 0 Å². The molecule has 0 aliphatic carbocycles. The molecule has 2 aromatic heterocycles. The van der Waals surface area contributed by atoms with Gasteiger partial charge in [-0.05, 0) is 18.2 Å². The molecule has 0 bridgehead atoms. The van der Waals surface area contributed by atoms with Crippen molar-refractivity contribution in [2.75, 3.05) is 6.54 Å². The standard InChI is InChI=1S/C15H15N5O2/c1-20-12(7-10-17-20)14(21)16-9-8-13-18-19-15(22-13)11-5-3-2-4-6-11/h2-7,10H,8-9H2,1H3,(H,16,21). The van der Waals surface area contributed by atoms with Crippen LogP contribution in [0.1, 0.15) is 16.4 Å². The number of carbonyl (C=O) groups excluding carboxylic acids is 1. The van der Waals surface area contributed by atoms with Crippen molar-refractivity contribution in [2.45, 2.75) is 6.42 Å². The second-order valence-corrected chi connectivity index (χ2v) is 4.71. The van der Waals surface area contributed by atoms with Crippen molar-refractivity contribution in [2.24, 2.45) is 7.05 Å². The average Bonchev–Trinajstić information content (AvgIpc) is 3.17. The summed E-state index contributed by atoms with van der Waals surface area (Å²) in [6.45, 7) is 0.417. The van der Waals surface area contributed by atoms with Crippen LogP contribution in [0.5, 0.6) is 0 Å². The molecule has 7 nitrogen and oxygen atoms in total. The van der Waals surface area contributed by atoms with Gasteiger partial charge in [0.1, 0.15) is 5.69 Å². The third kappa shape index (κ3) is 3.03. The number of nitrogens with zero attached hydrogens (tertiary/aromatic N) is 4. The molecule has 0 atom stereocenters. The first-order chi connectivity index (χ1) is 10.7. The maximum absolute atomic E-state index is 11.9. The Bertz CT molecular complexity index is 763. The molecular formula is C15H15N5O2. The lowest BCUT2D eigenvalue weighted by molar-refractivity contribution is 0.0944. The Balaban J connectivity index is 1.56. The van der Waals surface area contributed by atoms with E-state index in [0.717, 1.165) is 5.56 Å². The molecule has 3 aromatic rings. The van der Waals surface area contributed by atoms with Gasteiger partial charge in [-0.3, -0.25) is 9.48 Å². The van der Waals surface area contributed by atoms with Gasteiger partial charge in [-0.1, -0.05) is 18.2 Å². The van der Waals surface area contributed by atoms with Crippen LogP contribution in [-0.2, 0) is 13.5 Å². The van der Waals surface area contributed by atoms with Gasteiger partial charge in [-0.25, -0.2) is 0 Å². The minimum Gasteiger partial charge on any atom is -0.421 e. The minimum atomic E-state index is -0.178. The highest BCUT2D eigenvalue weighted by Gasteiger charge is 2.11. The van der Waals surface area contributed by atoms with Gasteiger partial charge in [0, 0.05) is 31.8 Å². The normalized spacial score (nSPS) is 10.6. The Kier molecular flexibility index (Phi) is 3.95. The van der Waals surface area contributed by atoms with E-state index in [4.69, 9.17) is 4.42 Å². The van der Waals surface area contributed by atoms with Crippen molar-refractivity contribution >= 4 is 5.91 Å². The molecule has 22 heavy (non-hydrogen) atoms. The van der Waals surface area contributed by atoms with E-state index in [1.807, 2.05) is 30.3 Å². The monoisotopic (exact) mass is 297 g/mol. The molecule has 2 heterocycles. The Morgan fingerprint density at radius 1 is 1.23 bits per heavy atom. The van der Waals surface area contributed by atoms with Crippen LogP contribution in [-0.4, -0.2) is 32.4 Å². The third-order valence-corrected chi connectivity index (χ3v) is 3.17. The number of amides is 1. The molecule has 0 aliphatic heterocycles. The van der Waals surface area contributed by atoms with Gasteiger partial charge in [0.25, 0.3) is 5.91 Å². The summed E-state index contributed by atoms with van der Waals surface area (Å²) in [7, 11) is 1.72. The summed E-state index contributed by atoms with van der Waals surface area (Å²) in [5, 5.41) is 14.7. The molecule has 1 N–H and O–H groups in total. The fourth-order valence-electron chi connectivity index (χ4n) is 2.02. The first kappa shape index (κ1) is 14.0. The number of rotatable bonds is 5. The van der Waals surface area contributed by atoms with E-state index >= 15 is 0 Å². The number of nitrogens with one attached hydrogen (secondary N) is 1. The lowest BCUT2D eigenvalue weighted by Gasteiger charge is -2.03. The van der Waals surface area contributed by atoms with Crippen LogP contribution >= 0.6 is 0 Å². The smallest absolute Gasteiger partial charge is 0.269 e. The number of hydrogen-bond donors (Lipinski definition) is 1. The van der Waals surface area contributed by atoms with Crippen LogP contribution in [0.3, 0.4) is 0 Å². The second kappa shape index (κ2) is 6.21. The van der Waals surface area contributed by atoms with Crippen LogP contribution in [0.2, 0.25) is 0 Å². The molecular weight excluding hydrogens is 282 g/mol. The Morgan fingerprint density at radius 3 is 2.77 bits per heavy atom. The number of aromatic nitrogens is 4. The molecule has 0 radical (unpaired) electrons.